The van der Waals surface area contributed by atoms with Crippen molar-refractivity contribution in [3.63, 3.8) is 0 Å². The van der Waals surface area contributed by atoms with Gasteiger partial charge in [0.25, 0.3) is 0 Å². The van der Waals surface area contributed by atoms with Gasteiger partial charge in [-0.1, -0.05) is 0 Å². The Balaban J connectivity index is 2.22. The van der Waals surface area contributed by atoms with E-state index in [1.54, 1.807) is 0 Å². The van der Waals surface area contributed by atoms with Crippen molar-refractivity contribution in [1.82, 2.24) is 4.90 Å². The van der Waals surface area contributed by atoms with E-state index in [4.69, 9.17) is 5.73 Å². The van der Waals surface area contributed by atoms with E-state index in [2.05, 4.69) is 4.90 Å². The van der Waals surface area contributed by atoms with Crippen LogP contribution in [0.5, 0.6) is 0 Å². The Kier molecular flexibility index (Phi) is 0.916. The van der Waals surface area contributed by atoms with Crippen LogP contribution in [0.1, 0.15) is 6.42 Å². The highest BCUT2D eigenvalue weighted by Gasteiger charge is 2.48. The first-order chi connectivity index (χ1) is 4.21. The molecule has 0 saturated carbocycles. The van der Waals surface area contributed by atoms with E-state index in [9.17, 15) is 4.39 Å². The van der Waals surface area contributed by atoms with Gasteiger partial charge in [0.2, 0.25) is 0 Å². The van der Waals surface area contributed by atoms with Crippen molar-refractivity contribution in [3.05, 3.63) is 0 Å². The first-order valence-electron chi connectivity index (χ1n) is 3.36. The van der Waals surface area contributed by atoms with Crippen LogP contribution in [-0.2, 0) is 0 Å². The van der Waals surface area contributed by atoms with E-state index < -0.39 is 11.7 Å². The molecule has 0 radical (unpaired) electrons. The second-order valence-electron chi connectivity index (χ2n) is 3.19. The topological polar surface area (TPSA) is 29.3 Å². The summed E-state index contributed by atoms with van der Waals surface area (Å²) < 4.78 is 12.8. The van der Waals surface area contributed by atoms with E-state index in [-0.39, 0.29) is 0 Å². The number of hydrogen-bond acceptors (Lipinski definition) is 2. The van der Waals surface area contributed by atoms with Crippen LogP contribution in [0.3, 0.4) is 0 Å². The lowest BCUT2D eigenvalue weighted by atomic mass is 9.95. The summed E-state index contributed by atoms with van der Waals surface area (Å²) >= 11 is 0. The summed E-state index contributed by atoms with van der Waals surface area (Å²) in [6.07, 6.45) is 0.0694. The van der Waals surface area contributed by atoms with Crippen molar-refractivity contribution in [2.24, 2.45) is 5.73 Å². The van der Waals surface area contributed by atoms with Crippen LogP contribution in [0.4, 0.5) is 4.39 Å². The van der Waals surface area contributed by atoms with Crippen molar-refractivity contribution in [2.45, 2.75) is 18.1 Å². The maximum Gasteiger partial charge on any atom is 0.132 e. The molecule has 52 valence electrons. The number of nitrogens with zero attached hydrogens (tertiary/aromatic N) is 1. The average Bonchev–Trinajstić information content (AvgIpc) is 2.22. The van der Waals surface area contributed by atoms with Gasteiger partial charge in [-0.25, -0.2) is 4.39 Å². The molecule has 2 fully saturated rings. The molecule has 3 unspecified atom stereocenters. The van der Waals surface area contributed by atoms with Gasteiger partial charge in [0, 0.05) is 19.6 Å². The van der Waals surface area contributed by atoms with E-state index in [0.29, 0.717) is 6.54 Å². The largest absolute Gasteiger partial charge is 0.322 e. The summed E-state index contributed by atoms with van der Waals surface area (Å²) in [4.78, 5) is 2.09. The minimum Gasteiger partial charge on any atom is -0.322 e. The normalized spacial score (nSPS) is 56.7. The molecule has 2 N–H and O–H groups in total. The SMILES string of the molecule is NC12CCN(CC1F)C2. The Labute approximate surface area is 53.8 Å². The summed E-state index contributed by atoms with van der Waals surface area (Å²) in [6, 6.07) is 0. The van der Waals surface area contributed by atoms with Crippen LogP contribution in [0.15, 0.2) is 0 Å². The van der Waals surface area contributed by atoms with Crippen molar-refractivity contribution >= 4 is 0 Å². The third-order valence-electron chi connectivity index (χ3n) is 2.45. The molecule has 2 nitrogen and oxygen atoms in total. The van der Waals surface area contributed by atoms with Crippen molar-refractivity contribution in [3.8, 4) is 0 Å². The van der Waals surface area contributed by atoms with Gasteiger partial charge in [0.05, 0.1) is 5.54 Å². The molecule has 2 heterocycles. The summed E-state index contributed by atoms with van der Waals surface area (Å²) in [5, 5.41) is 0. The maximum atomic E-state index is 12.8. The molecule has 0 aliphatic carbocycles. The van der Waals surface area contributed by atoms with Gasteiger partial charge in [-0.05, 0) is 6.42 Å². The zero-order valence-corrected chi connectivity index (χ0v) is 5.31. The lowest BCUT2D eigenvalue weighted by Gasteiger charge is -2.23. The second kappa shape index (κ2) is 1.47. The molecular formula is C6H11FN2. The molecule has 3 atom stereocenters. The Bertz CT molecular complexity index is 139. The molecule has 2 bridgehead atoms. The Morgan fingerprint density at radius 1 is 1.67 bits per heavy atom. The third kappa shape index (κ3) is 0.618. The standard InChI is InChI=1S/C6H11FN2/c7-5-3-9-2-1-6(5,8)4-9/h5H,1-4,8H2. The van der Waals surface area contributed by atoms with Gasteiger partial charge >= 0.3 is 0 Å². The van der Waals surface area contributed by atoms with Gasteiger partial charge < -0.3 is 5.73 Å². The highest BCUT2D eigenvalue weighted by Crippen LogP contribution is 2.31. The second-order valence-corrected chi connectivity index (χ2v) is 3.19. The fourth-order valence-electron chi connectivity index (χ4n) is 1.76. The van der Waals surface area contributed by atoms with Crippen LogP contribution in [0.2, 0.25) is 0 Å². The highest BCUT2D eigenvalue weighted by molar-refractivity contribution is 5.07. The van der Waals surface area contributed by atoms with Crippen LogP contribution >= 0.6 is 0 Å². The Morgan fingerprint density at radius 3 is 2.67 bits per heavy atom. The molecule has 9 heavy (non-hydrogen) atoms. The zero-order valence-electron chi connectivity index (χ0n) is 5.31. The highest BCUT2D eigenvalue weighted by atomic mass is 19.1. The van der Waals surface area contributed by atoms with Crippen LogP contribution < -0.4 is 5.73 Å². The molecule has 2 aliphatic rings. The number of alkyl halides is 1. The smallest absolute Gasteiger partial charge is 0.132 e. The lowest BCUT2D eigenvalue weighted by Crippen LogP contribution is -2.47. The summed E-state index contributed by atoms with van der Waals surface area (Å²) in [7, 11) is 0. The number of rotatable bonds is 0. The van der Waals surface area contributed by atoms with Gasteiger partial charge in [0.1, 0.15) is 6.17 Å². The first-order valence-corrected chi connectivity index (χ1v) is 3.36. The van der Waals surface area contributed by atoms with Crippen LogP contribution in [0.25, 0.3) is 0 Å². The first kappa shape index (κ1) is 5.62. The van der Waals surface area contributed by atoms with E-state index >= 15 is 0 Å². The van der Waals surface area contributed by atoms with E-state index in [1.807, 2.05) is 0 Å². The van der Waals surface area contributed by atoms with Gasteiger partial charge in [0.15, 0.2) is 0 Å². The fraction of sp³-hybridized carbons (Fsp3) is 1.00. The maximum absolute atomic E-state index is 12.8. The summed E-state index contributed by atoms with van der Waals surface area (Å²) in [5.74, 6) is 0. The zero-order chi connectivity index (χ0) is 6.48. The Hall–Kier alpha value is -0.150. The van der Waals surface area contributed by atoms with Crippen molar-refractivity contribution in [1.29, 1.82) is 0 Å². The minimum atomic E-state index is -0.772. The van der Waals surface area contributed by atoms with E-state index in [0.717, 1.165) is 19.5 Å². The lowest BCUT2D eigenvalue weighted by molar-refractivity contribution is 0.203. The molecule has 2 saturated heterocycles. The number of hydrogen-bond donors (Lipinski definition) is 1. The van der Waals surface area contributed by atoms with Crippen LogP contribution in [0, 0.1) is 0 Å². The summed E-state index contributed by atoms with van der Waals surface area (Å²) in [5.41, 5.74) is 5.25. The molecule has 2 aliphatic heterocycles. The molecule has 0 aromatic carbocycles. The minimum absolute atomic E-state index is 0.472. The molecular weight excluding hydrogens is 119 g/mol. The molecule has 0 amide bonds. The van der Waals surface area contributed by atoms with Gasteiger partial charge in [-0.15, -0.1) is 0 Å². The van der Waals surface area contributed by atoms with Crippen molar-refractivity contribution in [2.75, 3.05) is 19.6 Å². The number of piperidine rings is 1. The van der Waals surface area contributed by atoms with Crippen LogP contribution in [-0.4, -0.2) is 36.2 Å². The summed E-state index contributed by atoms with van der Waals surface area (Å²) in [6.45, 7) is 2.33. The average molecular weight is 130 g/mol. The third-order valence-corrected chi connectivity index (χ3v) is 2.45. The quantitative estimate of drug-likeness (QED) is 0.489. The molecule has 0 spiro atoms. The Morgan fingerprint density at radius 2 is 2.44 bits per heavy atom. The predicted molar refractivity (Wildman–Crippen MR) is 32.9 cm³/mol. The van der Waals surface area contributed by atoms with E-state index in [1.165, 1.54) is 0 Å². The van der Waals surface area contributed by atoms with Crippen molar-refractivity contribution < 1.29 is 4.39 Å². The fourth-order valence-corrected chi connectivity index (χ4v) is 1.76. The molecule has 3 heteroatoms. The monoisotopic (exact) mass is 130 g/mol. The van der Waals surface area contributed by atoms with Gasteiger partial charge in [-0.2, -0.15) is 0 Å². The number of halogens is 1. The predicted octanol–water partition coefficient (Wildman–Crippen LogP) is -0.259. The molecule has 0 aromatic heterocycles. The number of fused-ring (bicyclic) bond motifs is 2. The number of nitrogens with two attached hydrogens (primary N) is 1. The van der Waals surface area contributed by atoms with Gasteiger partial charge in [-0.3, -0.25) is 4.90 Å². The molecule has 2 rings (SSSR count). The molecule has 0 aromatic rings.